The Bertz CT molecular complexity index is 684. The average Bonchev–Trinajstić information content (AvgIpc) is 2.76. The fourth-order valence-corrected chi connectivity index (χ4v) is 4.06. The van der Waals surface area contributed by atoms with E-state index in [4.69, 9.17) is 5.14 Å². The predicted octanol–water partition coefficient (Wildman–Crippen LogP) is -0.911. The molecule has 19 heavy (non-hydrogen) atoms. The van der Waals surface area contributed by atoms with Gasteiger partial charge in [0.2, 0.25) is 20.0 Å². The molecule has 0 bridgehead atoms. The lowest BCUT2D eigenvalue weighted by Crippen LogP contribution is -2.29. The average molecular weight is 306 g/mol. The van der Waals surface area contributed by atoms with Gasteiger partial charge in [0, 0.05) is 13.1 Å². The first-order chi connectivity index (χ1) is 8.71. The van der Waals surface area contributed by atoms with Gasteiger partial charge in [-0.15, -0.1) is 0 Å². The van der Waals surface area contributed by atoms with E-state index in [1.807, 2.05) is 0 Å². The Kier molecular flexibility index (Phi) is 3.67. The summed E-state index contributed by atoms with van der Waals surface area (Å²) < 4.78 is 48.0. The molecule has 1 aromatic rings. The minimum Gasteiger partial charge on any atom is -0.392 e. The molecule has 0 amide bonds. The summed E-state index contributed by atoms with van der Waals surface area (Å²) in [4.78, 5) is -0.401. The van der Waals surface area contributed by atoms with E-state index in [-0.39, 0.29) is 22.9 Å². The first-order valence-corrected chi connectivity index (χ1v) is 8.51. The first kappa shape index (κ1) is 14.4. The van der Waals surface area contributed by atoms with Gasteiger partial charge < -0.3 is 5.11 Å². The standard InChI is InChI=1S/C10H14N2O5S2/c11-18(14,15)9-2-1-3-10(6-9)19(16,17)12-5-4-8(13)7-12/h1-3,6,8,13H,4-5,7H2,(H2,11,14,15)/t8-/m1/s1. The molecule has 2 rings (SSSR count). The van der Waals surface area contributed by atoms with E-state index in [1.54, 1.807) is 0 Å². The van der Waals surface area contributed by atoms with Gasteiger partial charge in [0.15, 0.2) is 0 Å². The molecule has 1 saturated heterocycles. The van der Waals surface area contributed by atoms with Crippen molar-refractivity contribution in [1.29, 1.82) is 0 Å². The Morgan fingerprint density at radius 2 is 1.84 bits per heavy atom. The van der Waals surface area contributed by atoms with E-state index in [2.05, 4.69) is 0 Å². The smallest absolute Gasteiger partial charge is 0.243 e. The minimum absolute atomic E-state index is 0.0158. The van der Waals surface area contributed by atoms with Crippen molar-refractivity contribution in [3.05, 3.63) is 24.3 Å². The van der Waals surface area contributed by atoms with Crippen LogP contribution in [0.4, 0.5) is 0 Å². The normalized spacial score (nSPS) is 21.7. The summed E-state index contributed by atoms with van der Waals surface area (Å²) in [6, 6.07) is 4.87. The maximum absolute atomic E-state index is 12.2. The second-order valence-electron chi connectivity index (χ2n) is 4.33. The Morgan fingerprint density at radius 3 is 2.37 bits per heavy atom. The molecular formula is C10H14N2O5S2. The van der Waals surface area contributed by atoms with Gasteiger partial charge >= 0.3 is 0 Å². The third-order valence-electron chi connectivity index (χ3n) is 2.90. The highest BCUT2D eigenvalue weighted by molar-refractivity contribution is 7.90. The maximum Gasteiger partial charge on any atom is 0.243 e. The molecule has 0 saturated carbocycles. The summed E-state index contributed by atoms with van der Waals surface area (Å²) in [6.45, 7) is 0.227. The molecule has 1 heterocycles. The molecule has 9 heteroatoms. The van der Waals surface area contributed by atoms with E-state index < -0.39 is 26.2 Å². The minimum atomic E-state index is -3.95. The lowest BCUT2D eigenvalue weighted by atomic mass is 10.3. The summed E-state index contributed by atoms with van der Waals surface area (Å²) >= 11 is 0. The largest absolute Gasteiger partial charge is 0.392 e. The van der Waals surface area contributed by atoms with Crippen LogP contribution in [0.3, 0.4) is 0 Å². The zero-order chi connectivity index (χ0) is 14.3. The number of aliphatic hydroxyl groups is 1. The van der Waals surface area contributed by atoms with Crippen LogP contribution in [-0.4, -0.2) is 45.4 Å². The Balaban J connectivity index is 2.42. The number of rotatable bonds is 3. The molecule has 0 unspecified atom stereocenters. The van der Waals surface area contributed by atoms with Gasteiger partial charge in [-0.1, -0.05) is 6.07 Å². The molecule has 0 aromatic heterocycles. The number of benzene rings is 1. The number of nitrogens with two attached hydrogens (primary N) is 1. The van der Waals surface area contributed by atoms with E-state index in [1.165, 1.54) is 18.2 Å². The van der Waals surface area contributed by atoms with Crippen LogP contribution in [0.5, 0.6) is 0 Å². The summed E-state index contributed by atoms with van der Waals surface area (Å²) in [5.41, 5.74) is 0. The van der Waals surface area contributed by atoms with Crippen molar-refractivity contribution in [2.75, 3.05) is 13.1 Å². The maximum atomic E-state index is 12.2. The van der Waals surface area contributed by atoms with Crippen molar-refractivity contribution in [3.63, 3.8) is 0 Å². The third kappa shape index (κ3) is 2.95. The zero-order valence-electron chi connectivity index (χ0n) is 9.93. The quantitative estimate of drug-likeness (QED) is 0.749. The van der Waals surface area contributed by atoms with E-state index in [0.717, 1.165) is 10.4 Å². The highest BCUT2D eigenvalue weighted by Gasteiger charge is 2.32. The van der Waals surface area contributed by atoms with Gasteiger partial charge in [0.1, 0.15) is 0 Å². The number of sulfonamides is 2. The van der Waals surface area contributed by atoms with Gasteiger partial charge in [-0.3, -0.25) is 0 Å². The molecule has 106 valence electrons. The summed E-state index contributed by atoms with van der Waals surface area (Å²) in [6.07, 6.45) is -0.315. The summed E-state index contributed by atoms with van der Waals surface area (Å²) in [5, 5.41) is 14.3. The molecule has 0 aliphatic carbocycles. The Morgan fingerprint density at radius 1 is 1.21 bits per heavy atom. The van der Waals surface area contributed by atoms with Crippen LogP contribution in [0.25, 0.3) is 0 Å². The van der Waals surface area contributed by atoms with Crippen molar-refractivity contribution < 1.29 is 21.9 Å². The molecule has 0 radical (unpaired) electrons. The molecular weight excluding hydrogens is 292 g/mol. The van der Waals surface area contributed by atoms with Crippen LogP contribution in [0.1, 0.15) is 6.42 Å². The summed E-state index contributed by atoms with van der Waals surface area (Å²) in [5.74, 6) is 0. The van der Waals surface area contributed by atoms with Crippen LogP contribution >= 0.6 is 0 Å². The first-order valence-electron chi connectivity index (χ1n) is 5.52. The van der Waals surface area contributed by atoms with Gasteiger partial charge in [0.05, 0.1) is 15.9 Å². The zero-order valence-corrected chi connectivity index (χ0v) is 11.6. The van der Waals surface area contributed by atoms with Crippen molar-refractivity contribution in [2.45, 2.75) is 22.3 Å². The van der Waals surface area contributed by atoms with Gasteiger partial charge in [-0.25, -0.2) is 22.0 Å². The molecule has 1 aliphatic rings. The fourth-order valence-electron chi connectivity index (χ4n) is 1.89. The van der Waals surface area contributed by atoms with Crippen LogP contribution in [0.15, 0.2) is 34.1 Å². The number of nitrogens with zero attached hydrogens (tertiary/aromatic N) is 1. The van der Waals surface area contributed by atoms with Crippen molar-refractivity contribution in [2.24, 2.45) is 5.14 Å². The lowest BCUT2D eigenvalue weighted by molar-refractivity contribution is 0.189. The Hall–Kier alpha value is -1.00. The number of hydrogen-bond acceptors (Lipinski definition) is 5. The molecule has 1 aromatic carbocycles. The van der Waals surface area contributed by atoms with Crippen molar-refractivity contribution in [3.8, 4) is 0 Å². The molecule has 1 atom stereocenters. The van der Waals surface area contributed by atoms with Crippen LogP contribution in [0, 0.1) is 0 Å². The van der Waals surface area contributed by atoms with Gasteiger partial charge in [0.25, 0.3) is 0 Å². The fraction of sp³-hybridized carbons (Fsp3) is 0.400. The Labute approximate surface area is 111 Å². The van der Waals surface area contributed by atoms with E-state index >= 15 is 0 Å². The van der Waals surface area contributed by atoms with E-state index in [9.17, 15) is 21.9 Å². The van der Waals surface area contributed by atoms with Crippen LogP contribution in [0.2, 0.25) is 0 Å². The van der Waals surface area contributed by atoms with Gasteiger partial charge in [-0.05, 0) is 24.6 Å². The number of primary sulfonamides is 1. The van der Waals surface area contributed by atoms with Crippen molar-refractivity contribution in [1.82, 2.24) is 4.31 Å². The highest BCUT2D eigenvalue weighted by Crippen LogP contribution is 2.22. The second-order valence-corrected chi connectivity index (χ2v) is 7.82. The predicted molar refractivity (Wildman–Crippen MR) is 67.2 cm³/mol. The molecule has 1 aliphatic heterocycles. The molecule has 7 nitrogen and oxygen atoms in total. The second kappa shape index (κ2) is 4.84. The SMILES string of the molecule is NS(=O)(=O)c1cccc(S(=O)(=O)N2CC[C@@H](O)C2)c1. The van der Waals surface area contributed by atoms with Crippen LogP contribution in [-0.2, 0) is 20.0 Å². The van der Waals surface area contributed by atoms with Crippen LogP contribution < -0.4 is 5.14 Å². The molecule has 3 N–H and O–H groups in total. The monoisotopic (exact) mass is 306 g/mol. The number of β-amino-alcohol motifs (C(OH)–C–C–N with tert-alkyl or cyclic N) is 1. The van der Waals surface area contributed by atoms with Gasteiger partial charge in [-0.2, -0.15) is 4.31 Å². The third-order valence-corrected chi connectivity index (χ3v) is 5.67. The highest BCUT2D eigenvalue weighted by atomic mass is 32.2. The van der Waals surface area contributed by atoms with E-state index in [0.29, 0.717) is 6.42 Å². The number of aliphatic hydroxyl groups excluding tert-OH is 1. The lowest BCUT2D eigenvalue weighted by Gasteiger charge is -2.16. The summed E-state index contributed by atoms with van der Waals surface area (Å²) in [7, 11) is -7.75. The number of hydrogen-bond donors (Lipinski definition) is 2. The topological polar surface area (TPSA) is 118 Å². The molecule has 1 fully saturated rings. The van der Waals surface area contributed by atoms with Crippen molar-refractivity contribution >= 4 is 20.0 Å². The molecule has 0 spiro atoms.